The maximum absolute atomic E-state index is 12.9. The molecule has 0 fully saturated rings. The van der Waals surface area contributed by atoms with Gasteiger partial charge in [0.15, 0.2) is 5.76 Å². The molecule has 0 bridgehead atoms. The van der Waals surface area contributed by atoms with Crippen LogP contribution in [0.4, 0.5) is 0 Å². The fourth-order valence-corrected chi connectivity index (χ4v) is 3.19. The van der Waals surface area contributed by atoms with Gasteiger partial charge in [-0.25, -0.2) is 4.79 Å². The lowest BCUT2D eigenvalue weighted by Gasteiger charge is -2.35. The zero-order chi connectivity index (χ0) is 19.9. The number of hydrogen-bond donors (Lipinski definition) is 3. The van der Waals surface area contributed by atoms with E-state index in [2.05, 4.69) is 0 Å². The van der Waals surface area contributed by atoms with Crippen LogP contribution in [0.1, 0.15) is 51.6 Å². The number of ether oxygens (including phenoxy) is 1. The summed E-state index contributed by atoms with van der Waals surface area (Å²) < 4.78 is 10.9. The van der Waals surface area contributed by atoms with E-state index in [1.807, 2.05) is 0 Å². The van der Waals surface area contributed by atoms with Crippen molar-refractivity contribution in [1.82, 2.24) is 0 Å². The van der Waals surface area contributed by atoms with Crippen LogP contribution in [0.2, 0.25) is 0 Å². The molecule has 1 aliphatic rings. The summed E-state index contributed by atoms with van der Waals surface area (Å²) in [6, 6.07) is 3.94. The van der Waals surface area contributed by atoms with Gasteiger partial charge in [0.2, 0.25) is 11.4 Å². The average Bonchev–Trinajstić information content (AvgIpc) is 2.95. The molecular weight excluding hydrogens is 352 g/mol. The molecule has 0 spiro atoms. The molecule has 2 unspecified atom stereocenters. The van der Waals surface area contributed by atoms with Crippen LogP contribution in [0.15, 0.2) is 28.7 Å². The topological polar surface area (TPSA) is 117 Å². The number of benzene rings is 1. The molecule has 1 heterocycles. The van der Waals surface area contributed by atoms with Gasteiger partial charge in [-0.15, -0.1) is 0 Å². The Balaban J connectivity index is 1.96. The maximum Gasteiger partial charge on any atom is 0.343 e. The number of carbonyl (C=O) groups excluding carboxylic acids is 2. The quantitative estimate of drug-likeness (QED) is 0.709. The van der Waals surface area contributed by atoms with Crippen molar-refractivity contribution < 1.29 is 34.1 Å². The number of phenols is 2. The molecular formula is C20H20O7. The first-order valence-electron chi connectivity index (χ1n) is 8.41. The Kier molecular flexibility index (Phi) is 4.57. The average molecular weight is 372 g/mol. The fraction of sp³-hybridized carbons (Fsp3) is 0.300. The van der Waals surface area contributed by atoms with E-state index >= 15 is 0 Å². The van der Waals surface area contributed by atoms with Gasteiger partial charge in [0.25, 0.3) is 0 Å². The minimum Gasteiger partial charge on any atom is -0.508 e. The van der Waals surface area contributed by atoms with Crippen LogP contribution in [0.5, 0.6) is 11.5 Å². The Morgan fingerprint density at radius 3 is 2.67 bits per heavy atom. The second-order valence-electron chi connectivity index (χ2n) is 6.71. The van der Waals surface area contributed by atoms with Crippen molar-refractivity contribution in [2.24, 2.45) is 0 Å². The molecule has 1 aliphatic carbocycles. The van der Waals surface area contributed by atoms with Crippen LogP contribution >= 0.6 is 0 Å². The van der Waals surface area contributed by atoms with E-state index < -0.39 is 29.2 Å². The standard InChI is InChI=1S/C20H20O7/c1-4-5-13-7-11-8-15(23)20(3,18(24)17(11)26-13)27-19(25)16-10(2)6-12(21)9-14(16)22/h4-7,9,15,21-23H,8H2,1-3H3. The van der Waals surface area contributed by atoms with Crippen LogP contribution in [0, 0.1) is 6.92 Å². The van der Waals surface area contributed by atoms with Gasteiger partial charge >= 0.3 is 5.97 Å². The predicted molar refractivity (Wildman–Crippen MR) is 95.8 cm³/mol. The summed E-state index contributed by atoms with van der Waals surface area (Å²) in [4.78, 5) is 25.5. The number of esters is 1. The van der Waals surface area contributed by atoms with Gasteiger partial charge in [0, 0.05) is 18.1 Å². The molecule has 7 nitrogen and oxygen atoms in total. The largest absolute Gasteiger partial charge is 0.508 e. The number of hydrogen-bond acceptors (Lipinski definition) is 7. The number of aliphatic hydroxyl groups is 1. The van der Waals surface area contributed by atoms with Gasteiger partial charge in [0.05, 0.1) is 0 Å². The van der Waals surface area contributed by atoms with Gasteiger partial charge < -0.3 is 24.5 Å². The van der Waals surface area contributed by atoms with E-state index in [0.29, 0.717) is 11.3 Å². The second kappa shape index (κ2) is 6.59. The second-order valence-corrected chi connectivity index (χ2v) is 6.71. The summed E-state index contributed by atoms with van der Waals surface area (Å²) >= 11 is 0. The number of rotatable bonds is 3. The summed E-state index contributed by atoms with van der Waals surface area (Å²) in [7, 11) is 0. The zero-order valence-corrected chi connectivity index (χ0v) is 15.1. The molecule has 0 saturated carbocycles. The van der Waals surface area contributed by atoms with Crippen molar-refractivity contribution in [3.05, 3.63) is 52.5 Å². The number of aryl methyl sites for hydroxylation is 1. The van der Waals surface area contributed by atoms with Crippen LogP contribution in [0.3, 0.4) is 0 Å². The number of carbonyl (C=O) groups is 2. The van der Waals surface area contributed by atoms with Crippen LogP contribution in [0.25, 0.3) is 6.08 Å². The lowest BCUT2D eigenvalue weighted by atomic mass is 9.81. The molecule has 1 aromatic heterocycles. The van der Waals surface area contributed by atoms with E-state index in [4.69, 9.17) is 9.15 Å². The highest BCUT2D eigenvalue weighted by atomic mass is 16.6. The van der Waals surface area contributed by atoms with Gasteiger partial charge in [-0.2, -0.15) is 0 Å². The van der Waals surface area contributed by atoms with E-state index in [1.165, 1.54) is 19.9 Å². The molecule has 0 aliphatic heterocycles. The minimum absolute atomic E-state index is 0.0374. The molecule has 27 heavy (non-hydrogen) atoms. The third-order valence-electron chi connectivity index (χ3n) is 4.67. The van der Waals surface area contributed by atoms with Crippen molar-refractivity contribution in [3.63, 3.8) is 0 Å². The highest BCUT2D eigenvalue weighted by Gasteiger charge is 2.51. The number of furan rings is 1. The molecule has 2 atom stereocenters. The molecule has 1 aromatic carbocycles. The maximum atomic E-state index is 12.9. The summed E-state index contributed by atoms with van der Waals surface area (Å²) in [5.41, 5.74) is -1.24. The van der Waals surface area contributed by atoms with Crippen molar-refractivity contribution in [2.75, 3.05) is 0 Å². The first-order chi connectivity index (χ1) is 12.7. The number of fused-ring (bicyclic) bond motifs is 1. The highest BCUT2D eigenvalue weighted by molar-refractivity contribution is 6.05. The lowest BCUT2D eigenvalue weighted by Crippen LogP contribution is -2.54. The Morgan fingerprint density at radius 2 is 2.04 bits per heavy atom. The first-order valence-corrected chi connectivity index (χ1v) is 8.41. The molecule has 142 valence electrons. The van der Waals surface area contributed by atoms with Gasteiger partial charge in [-0.3, -0.25) is 4.79 Å². The minimum atomic E-state index is -1.87. The lowest BCUT2D eigenvalue weighted by molar-refractivity contribution is -0.0636. The summed E-state index contributed by atoms with van der Waals surface area (Å²) in [6.07, 6.45) is 2.23. The Hall–Kier alpha value is -3.06. The van der Waals surface area contributed by atoms with Gasteiger partial charge in [-0.1, -0.05) is 6.08 Å². The van der Waals surface area contributed by atoms with Gasteiger partial charge in [0.1, 0.15) is 28.9 Å². The SMILES string of the molecule is CC=Cc1cc2c(o1)C(=O)C(C)(OC(=O)c1c(C)cc(O)cc1O)C(O)C2. The zero-order valence-electron chi connectivity index (χ0n) is 15.1. The third-order valence-corrected chi connectivity index (χ3v) is 4.67. The summed E-state index contributed by atoms with van der Waals surface area (Å²) in [5, 5.41) is 30.0. The molecule has 0 saturated heterocycles. The van der Waals surface area contributed by atoms with Crippen LogP contribution in [-0.4, -0.2) is 38.8 Å². The third kappa shape index (κ3) is 3.10. The van der Waals surface area contributed by atoms with Crippen molar-refractivity contribution in [1.29, 1.82) is 0 Å². The number of aliphatic hydroxyl groups excluding tert-OH is 1. The number of phenolic OH excluding ortho intramolecular Hbond substituents is 2. The van der Waals surface area contributed by atoms with Gasteiger partial charge in [-0.05, 0) is 44.5 Å². The van der Waals surface area contributed by atoms with Crippen LogP contribution in [-0.2, 0) is 11.2 Å². The number of ketones is 1. The Labute approximate surface area is 155 Å². The smallest absolute Gasteiger partial charge is 0.343 e. The van der Waals surface area contributed by atoms with E-state index in [1.54, 1.807) is 25.1 Å². The number of aromatic hydroxyl groups is 2. The van der Waals surface area contributed by atoms with Crippen molar-refractivity contribution >= 4 is 17.8 Å². The Bertz CT molecular complexity index is 930. The highest BCUT2D eigenvalue weighted by Crippen LogP contribution is 2.36. The predicted octanol–water partition coefficient (Wildman–Crippen LogP) is 2.75. The summed E-state index contributed by atoms with van der Waals surface area (Å²) in [6.45, 7) is 4.62. The monoisotopic (exact) mass is 372 g/mol. The van der Waals surface area contributed by atoms with E-state index in [9.17, 15) is 24.9 Å². The van der Waals surface area contributed by atoms with E-state index in [-0.39, 0.29) is 29.1 Å². The molecule has 0 amide bonds. The summed E-state index contributed by atoms with van der Waals surface area (Å²) in [5.74, 6) is -1.83. The van der Waals surface area contributed by atoms with Crippen LogP contribution < -0.4 is 0 Å². The van der Waals surface area contributed by atoms with Crippen molar-refractivity contribution in [3.8, 4) is 11.5 Å². The fourth-order valence-electron chi connectivity index (χ4n) is 3.19. The number of Topliss-reactive ketones (excluding diaryl/α,β-unsaturated/α-hetero) is 1. The molecule has 2 aromatic rings. The first kappa shape index (κ1) is 18.7. The molecule has 0 radical (unpaired) electrons. The molecule has 7 heteroatoms. The number of allylic oxidation sites excluding steroid dienone is 1. The molecule has 3 rings (SSSR count). The molecule has 3 N–H and O–H groups in total. The van der Waals surface area contributed by atoms with Crippen molar-refractivity contribution in [2.45, 2.75) is 38.9 Å². The van der Waals surface area contributed by atoms with E-state index in [0.717, 1.165) is 6.07 Å². The Morgan fingerprint density at radius 1 is 1.33 bits per heavy atom. The normalized spacial score (nSPS) is 22.1.